The molecule has 1 aromatic carbocycles. The Balaban J connectivity index is 0.000000189. The van der Waals surface area contributed by atoms with Crippen LogP contribution in [-0.2, 0) is 44.6 Å². The zero-order chi connectivity index (χ0) is 27.4. The van der Waals surface area contributed by atoms with Crippen LogP contribution in [0.25, 0.3) is 0 Å². The molecule has 0 bridgehead atoms. The van der Waals surface area contributed by atoms with Crippen LogP contribution < -0.4 is 0 Å². The Morgan fingerprint density at radius 2 is 0.842 bits per heavy atom. The second kappa shape index (κ2) is 11.9. The molecule has 4 fully saturated rings. The van der Waals surface area contributed by atoms with Gasteiger partial charge in [0.1, 0.15) is 0 Å². The lowest BCUT2D eigenvalue weighted by Gasteiger charge is -2.18. The molecule has 0 radical (unpaired) electrons. The number of carbonyl (C=O) groups is 4. The predicted molar refractivity (Wildman–Crippen MR) is 126 cm³/mol. The smallest absolute Gasteiger partial charge is 0.416 e. The highest BCUT2D eigenvalue weighted by Crippen LogP contribution is 2.32. The first-order valence-electron chi connectivity index (χ1n) is 12.2. The fraction of sp³-hybridized carbons (Fsp3) is 0.583. The fourth-order valence-corrected chi connectivity index (χ4v) is 4.12. The predicted octanol–water partition coefficient (Wildman–Crippen LogP) is 1.75. The van der Waals surface area contributed by atoms with Gasteiger partial charge in [0.15, 0.2) is 0 Å². The van der Waals surface area contributed by atoms with Gasteiger partial charge in [0.05, 0.1) is 63.9 Å². The van der Waals surface area contributed by atoms with Crippen molar-refractivity contribution in [2.75, 3.05) is 39.5 Å². The first-order valence-corrected chi connectivity index (χ1v) is 12.2. The van der Waals surface area contributed by atoms with Crippen molar-refractivity contribution < 1.29 is 58.6 Å². The van der Waals surface area contributed by atoms with Crippen LogP contribution in [0.4, 0.5) is 19.2 Å². The summed E-state index contributed by atoms with van der Waals surface area (Å²) >= 11 is 0. The fourth-order valence-electron chi connectivity index (χ4n) is 4.12. The van der Waals surface area contributed by atoms with Gasteiger partial charge in [0, 0.05) is 25.7 Å². The number of imide groups is 2. The summed E-state index contributed by atoms with van der Waals surface area (Å²) < 4.78 is 21.9. The molecular weight excluding hydrogens is 508 g/mol. The van der Waals surface area contributed by atoms with Crippen LogP contribution in [0.2, 0.25) is 0 Å². The minimum absolute atomic E-state index is 0.126. The zero-order valence-electron chi connectivity index (χ0n) is 20.5. The van der Waals surface area contributed by atoms with Gasteiger partial charge < -0.3 is 39.4 Å². The molecule has 0 aromatic heterocycles. The van der Waals surface area contributed by atoms with Crippen molar-refractivity contribution >= 4 is 24.4 Å². The van der Waals surface area contributed by atoms with Gasteiger partial charge in [-0.1, -0.05) is 12.1 Å². The Kier molecular flexibility index (Phi) is 8.66. The summed E-state index contributed by atoms with van der Waals surface area (Å²) in [6.45, 7) is 2.08. The summed E-state index contributed by atoms with van der Waals surface area (Å²) in [6, 6.07) is 4.63. The number of nitrogens with zero attached hydrogens (tertiary/aromatic N) is 2. The second-order valence-electron chi connectivity index (χ2n) is 9.41. The monoisotopic (exact) mass is 538 g/mol. The van der Waals surface area contributed by atoms with Crippen molar-refractivity contribution in [3.05, 3.63) is 34.4 Å². The summed E-state index contributed by atoms with van der Waals surface area (Å²) in [6.07, 6.45) is -1.38. The molecule has 4 atom stereocenters. The van der Waals surface area contributed by atoms with E-state index in [9.17, 15) is 19.2 Å². The molecule has 38 heavy (non-hydrogen) atoms. The maximum atomic E-state index is 10.3. The molecule has 208 valence electrons. The third-order valence-corrected chi connectivity index (χ3v) is 6.46. The highest BCUT2D eigenvalue weighted by atomic mass is 16.6. The number of hydrogen-bond acceptors (Lipinski definition) is 8. The van der Waals surface area contributed by atoms with Crippen molar-refractivity contribution in [2.45, 2.75) is 50.1 Å². The van der Waals surface area contributed by atoms with Gasteiger partial charge in [-0.2, -0.15) is 0 Å². The summed E-state index contributed by atoms with van der Waals surface area (Å²) in [5, 5.41) is 33.5. The summed E-state index contributed by atoms with van der Waals surface area (Å²) in [4.78, 5) is 41.0. The van der Waals surface area contributed by atoms with Crippen LogP contribution in [-0.4, -0.2) is 119 Å². The maximum Gasteiger partial charge on any atom is 0.416 e. The largest absolute Gasteiger partial charge is 0.465 e. The Labute approximate surface area is 217 Å². The van der Waals surface area contributed by atoms with Crippen LogP contribution >= 0.6 is 0 Å². The van der Waals surface area contributed by atoms with Gasteiger partial charge in [-0.3, -0.25) is 0 Å². The molecule has 4 aliphatic heterocycles. The van der Waals surface area contributed by atoms with E-state index < -0.39 is 37.5 Å². The highest BCUT2D eigenvalue weighted by molar-refractivity contribution is 5.87. The number of ether oxygens (including phenoxy) is 4. The lowest BCUT2D eigenvalue weighted by molar-refractivity contribution is 0.103. The molecular formula is C24H30N2O12. The average molecular weight is 539 g/mol. The van der Waals surface area contributed by atoms with Gasteiger partial charge in [-0.15, -0.1) is 0 Å². The van der Waals surface area contributed by atoms with Crippen molar-refractivity contribution in [3.8, 4) is 0 Å². The van der Waals surface area contributed by atoms with E-state index in [1.54, 1.807) is 0 Å². The number of carboxylic acid groups (broad SMARTS) is 4. The number of epoxide rings is 4. The Morgan fingerprint density at radius 3 is 1.08 bits per heavy atom. The van der Waals surface area contributed by atoms with Crippen molar-refractivity contribution in [1.82, 2.24) is 9.80 Å². The molecule has 14 nitrogen and oxygen atoms in total. The molecule has 4 unspecified atom stereocenters. The van der Waals surface area contributed by atoms with Crippen LogP contribution in [0, 0.1) is 0 Å². The molecule has 4 saturated heterocycles. The lowest BCUT2D eigenvalue weighted by atomic mass is 9.87. The van der Waals surface area contributed by atoms with Crippen LogP contribution in [0.5, 0.6) is 0 Å². The number of rotatable bonds is 11. The SMILES string of the molecule is O=C(O)N(CCN(C(=O)O)C(=O)O)C(=O)O.c1cc(CC2CO2)c(CC2CO2)c(CC2CO2)c1CC1CO1. The quantitative estimate of drug-likeness (QED) is 0.297. The van der Waals surface area contributed by atoms with Crippen LogP contribution in [0.15, 0.2) is 12.1 Å². The standard InChI is InChI=1S/C18H22O4.C6H8N2O8/c1-2-12(4-14-8-20-14)18(6-16-10-22-16)17(5-15-9-21-15)11(1)3-13-7-19-13;9-3(10)7(4(11)12)1-2-8(5(13)14)6(15)16/h1-2,13-16H,3-10H2;1-2H2,(H,9,10)(H,11,12)(H,13,14)(H,15,16). The highest BCUT2D eigenvalue weighted by Gasteiger charge is 2.33. The normalized spacial score (nSPS) is 23.9. The number of amides is 4. The molecule has 0 aliphatic carbocycles. The number of benzene rings is 1. The van der Waals surface area contributed by atoms with Crippen molar-refractivity contribution in [1.29, 1.82) is 0 Å². The maximum absolute atomic E-state index is 10.3. The van der Waals surface area contributed by atoms with E-state index in [4.69, 9.17) is 39.4 Å². The average Bonchev–Trinajstić information content (AvgIpc) is 3.66. The summed E-state index contributed by atoms with van der Waals surface area (Å²) in [5.74, 6) is 0. The van der Waals surface area contributed by atoms with Crippen molar-refractivity contribution in [2.24, 2.45) is 0 Å². The zero-order valence-corrected chi connectivity index (χ0v) is 20.5. The van der Waals surface area contributed by atoms with E-state index >= 15 is 0 Å². The summed E-state index contributed by atoms with van der Waals surface area (Å²) in [5.41, 5.74) is 5.92. The molecule has 1 aromatic rings. The van der Waals surface area contributed by atoms with Crippen LogP contribution in [0.1, 0.15) is 22.3 Å². The lowest BCUT2D eigenvalue weighted by Crippen LogP contribution is -2.44. The van der Waals surface area contributed by atoms with E-state index in [-0.39, 0.29) is 9.80 Å². The Hall–Kier alpha value is -3.46. The van der Waals surface area contributed by atoms with Gasteiger partial charge >= 0.3 is 24.4 Å². The molecule has 4 aliphatic rings. The van der Waals surface area contributed by atoms with E-state index in [0.29, 0.717) is 24.4 Å². The summed E-state index contributed by atoms with van der Waals surface area (Å²) in [7, 11) is 0. The Morgan fingerprint density at radius 1 is 0.579 bits per heavy atom. The van der Waals surface area contributed by atoms with Crippen molar-refractivity contribution in [3.63, 3.8) is 0 Å². The van der Waals surface area contributed by atoms with Gasteiger partial charge in [0.2, 0.25) is 0 Å². The van der Waals surface area contributed by atoms with E-state index in [1.165, 1.54) is 22.3 Å². The van der Waals surface area contributed by atoms with Crippen LogP contribution in [0.3, 0.4) is 0 Å². The van der Waals surface area contributed by atoms with E-state index in [1.807, 2.05) is 0 Å². The van der Waals surface area contributed by atoms with Gasteiger partial charge in [0.25, 0.3) is 0 Å². The minimum atomic E-state index is -1.82. The van der Waals surface area contributed by atoms with Gasteiger partial charge in [-0.25, -0.2) is 29.0 Å². The van der Waals surface area contributed by atoms with E-state index in [2.05, 4.69) is 12.1 Å². The molecule has 4 N–H and O–H groups in total. The topological polar surface area (TPSA) is 206 Å². The van der Waals surface area contributed by atoms with Gasteiger partial charge in [-0.05, 0) is 22.3 Å². The van der Waals surface area contributed by atoms with E-state index in [0.717, 1.165) is 52.1 Å². The minimum Gasteiger partial charge on any atom is -0.465 e. The third-order valence-electron chi connectivity index (χ3n) is 6.46. The number of hydrogen-bond donors (Lipinski definition) is 4. The first-order chi connectivity index (χ1) is 18.1. The molecule has 0 saturated carbocycles. The molecule has 14 heteroatoms. The molecule has 5 rings (SSSR count). The first kappa shape index (κ1) is 27.6. The molecule has 4 heterocycles. The second-order valence-corrected chi connectivity index (χ2v) is 9.41. The Bertz CT molecular complexity index is 952. The third kappa shape index (κ3) is 8.28. The molecule has 4 amide bonds. The molecule has 0 spiro atoms.